The number of rotatable bonds is 3. The molecule has 1 aliphatic carbocycles. The first-order valence-corrected chi connectivity index (χ1v) is 6.33. The zero-order valence-electron chi connectivity index (χ0n) is 10.2. The smallest absolute Gasteiger partial charge is 0.201 e. The molecule has 0 spiro atoms. The number of hydrogen-bond donors (Lipinski definition) is 0. The highest BCUT2D eigenvalue weighted by Crippen LogP contribution is 2.30. The van der Waals surface area contributed by atoms with Gasteiger partial charge in [-0.25, -0.2) is 0 Å². The maximum Gasteiger partial charge on any atom is 0.201 e. The quantitative estimate of drug-likeness (QED) is 0.724. The zero-order valence-corrected chi connectivity index (χ0v) is 10.2. The van der Waals surface area contributed by atoms with Crippen molar-refractivity contribution >= 4 is 5.78 Å². The molecule has 2 rings (SSSR count). The van der Waals surface area contributed by atoms with Crippen molar-refractivity contribution in [1.82, 2.24) is 0 Å². The Kier molecular flexibility index (Phi) is 3.47. The summed E-state index contributed by atoms with van der Waals surface area (Å²) in [4.78, 5) is 12.1. The van der Waals surface area contributed by atoms with Crippen LogP contribution in [0, 0.1) is 11.8 Å². The standard InChI is InChI=1S/C14H20O2/c1-3-12-8-9-13(16-12)14(15)11-6-4-10(2)5-7-11/h8-11H,3-7H2,1-2H3. The molecule has 1 fully saturated rings. The Morgan fingerprint density at radius 2 is 2.00 bits per heavy atom. The van der Waals surface area contributed by atoms with Crippen molar-refractivity contribution in [2.24, 2.45) is 11.8 Å². The maximum absolute atomic E-state index is 12.1. The van der Waals surface area contributed by atoms with Gasteiger partial charge in [0, 0.05) is 12.3 Å². The SMILES string of the molecule is CCc1ccc(C(=O)C2CCC(C)CC2)o1. The van der Waals surface area contributed by atoms with Crippen LogP contribution in [0.15, 0.2) is 16.5 Å². The molecule has 0 atom stereocenters. The van der Waals surface area contributed by atoms with E-state index in [4.69, 9.17) is 4.42 Å². The lowest BCUT2D eigenvalue weighted by Crippen LogP contribution is -2.20. The lowest BCUT2D eigenvalue weighted by Gasteiger charge is -2.24. The minimum Gasteiger partial charge on any atom is -0.458 e. The summed E-state index contributed by atoms with van der Waals surface area (Å²) in [7, 11) is 0. The van der Waals surface area contributed by atoms with E-state index in [0.717, 1.165) is 30.9 Å². The van der Waals surface area contributed by atoms with Gasteiger partial charge in [-0.1, -0.05) is 26.7 Å². The second-order valence-corrected chi connectivity index (χ2v) is 4.94. The first kappa shape index (κ1) is 11.4. The van der Waals surface area contributed by atoms with Crippen LogP contribution in [0.3, 0.4) is 0 Å². The minimum absolute atomic E-state index is 0.201. The lowest BCUT2D eigenvalue weighted by molar-refractivity contribution is 0.0845. The Bertz CT molecular complexity index is 357. The first-order chi connectivity index (χ1) is 7.70. The van der Waals surface area contributed by atoms with Gasteiger partial charge in [-0.15, -0.1) is 0 Å². The molecular formula is C14H20O2. The predicted molar refractivity (Wildman–Crippen MR) is 63.5 cm³/mol. The summed E-state index contributed by atoms with van der Waals surface area (Å²) in [6.45, 7) is 4.30. The van der Waals surface area contributed by atoms with Crippen LogP contribution >= 0.6 is 0 Å². The van der Waals surface area contributed by atoms with Gasteiger partial charge in [-0.05, 0) is 30.9 Å². The molecule has 0 aliphatic heterocycles. The second kappa shape index (κ2) is 4.86. The van der Waals surface area contributed by atoms with Crippen molar-refractivity contribution in [1.29, 1.82) is 0 Å². The van der Waals surface area contributed by atoms with Crippen molar-refractivity contribution in [3.8, 4) is 0 Å². The van der Waals surface area contributed by atoms with Crippen LogP contribution in [0.4, 0.5) is 0 Å². The second-order valence-electron chi connectivity index (χ2n) is 4.94. The molecule has 0 aromatic carbocycles. The first-order valence-electron chi connectivity index (χ1n) is 6.33. The summed E-state index contributed by atoms with van der Waals surface area (Å²) in [5.41, 5.74) is 0. The molecule has 0 saturated heterocycles. The fourth-order valence-electron chi connectivity index (χ4n) is 2.42. The van der Waals surface area contributed by atoms with Gasteiger partial charge in [0.15, 0.2) is 5.76 Å². The van der Waals surface area contributed by atoms with Crippen LogP contribution in [0.1, 0.15) is 55.8 Å². The molecule has 16 heavy (non-hydrogen) atoms. The highest BCUT2D eigenvalue weighted by molar-refractivity contribution is 5.95. The van der Waals surface area contributed by atoms with E-state index in [0.29, 0.717) is 5.76 Å². The summed E-state index contributed by atoms with van der Waals surface area (Å²) in [5, 5.41) is 0. The zero-order chi connectivity index (χ0) is 11.5. The topological polar surface area (TPSA) is 30.2 Å². The van der Waals surface area contributed by atoms with Crippen LogP contribution in [0.25, 0.3) is 0 Å². The molecule has 0 bridgehead atoms. The molecule has 1 aromatic heterocycles. The molecule has 88 valence electrons. The molecule has 0 unspecified atom stereocenters. The van der Waals surface area contributed by atoms with Crippen molar-refractivity contribution in [3.63, 3.8) is 0 Å². The number of ketones is 1. The fraction of sp³-hybridized carbons (Fsp3) is 0.643. The highest BCUT2D eigenvalue weighted by Gasteiger charge is 2.26. The minimum atomic E-state index is 0.201. The van der Waals surface area contributed by atoms with E-state index in [1.54, 1.807) is 0 Å². The third kappa shape index (κ3) is 2.37. The van der Waals surface area contributed by atoms with Gasteiger partial charge in [0.2, 0.25) is 5.78 Å². The van der Waals surface area contributed by atoms with E-state index < -0.39 is 0 Å². The highest BCUT2D eigenvalue weighted by atomic mass is 16.3. The van der Waals surface area contributed by atoms with Gasteiger partial charge < -0.3 is 4.42 Å². The number of furan rings is 1. The molecule has 0 amide bonds. The average Bonchev–Trinajstić information content (AvgIpc) is 2.77. The van der Waals surface area contributed by atoms with Crippen LogP contribution in [-0.4, -0.2) is 5.78 Å². The van der Waals surface area contributed by atoms with Crippen LogP contribution in [-0.2, 0) is 6.42 Å². The Morgan fingerprint density at radius 1 is 1.31 bits per heavy atom. The molecule has 2 nitrogen and oxygen atoms in total. The average molecular weight is 220 g/mol. The van der Waals surface area contributed by atoms with Gasteiger partial charge in [-0.2, -0.15) is 0 Å². The van der Waals surface area contributed by atoms with Gasteiger partial charge in [-0.3, -0.25) is 4.79 Å². The Balaban J connectivity index is 2.01. The molecule has 0 N–H and O–H groups in total. The van der Waals surface area contributed by atoms with E-state index in [9.17, 15) is 4.79 Å². The van der Waals surface area contributed by atoms with Gasteiger partial charge in [0.25, 0.3) is 0 Å². The number of carbonyl (C=O) groups is 1. The number of aryl methyl sites for hydroxylation is 1. The van der Waals surface area contributed by atoms with Crippen molar-refractivity contribution in [2.45, 2.75) is 46.0 Å². The molecule has 2 heteroatoms. The molecule has 1 heterocycles. The summed E-state index contributed by atoms with van der Waals surface area (Å²) in [6.07, 6.45) is 5.27. The lowest BCUT2D eigenvalue weighted by atomic mass is 9.80. The summed E-state index contributed by atoms with van der Waals surface area (Å²) in [6, 6.07) is 3.75. The molecular weight excluding hydrogens is 200 g/mol. The number of Topliss-reactive ketones (excluding diaryl/α,β-unsaturated/α-hetero) is 1. The molecule has 1 aliphatic rings. The van der Waals surface area contributed by atoms with Crippen LogP contribution in [0.5, 0.6) is 0 Å². The van der Waals surface area contributed by atoms with Crippen molar-refractivity contribution in [3.05, 3.63) is 23.7 Å². The van der Waals surface area contributed by atoms with Crippen molar-refractivity contribution in [2.75, 3.05) is 0 Å². The summed E-state index contributed by atoms with van der Waals surface area (Å²) >= 11 is 0. The van der Waals surface area contributed by atoms with E-state index in [1.165, 1.54) is 12.8 Å². The van der Waals surface area contributed by atoms with E-state index in [2.05, 4.69) is 6.92 Å². The third-order valence-corrected chi connectivity index (χ3v) is 3.64. The monoisotopic (exact) mass is 220 g/mol. The van der Waals surface area contributed by atoms with Crippen molar-refractivity contribution < 1.29 is 9.21 Å². The number of carbonyl (C=O) groups excluding carboxylic acids is 1. The fourth-order valence-corrected chi connectivity index (χ4v) is 2.42. The number of hydrogen-bond acceptors (Lipinski definition) is 2. The maximum atomic E-state index is 12.1. The van der Waals surface area contributed by atoms with Crippen LogP contribution in [0.2, 0.25) is 0 Å². The Morgan fingerprint density at radius 3 is 2.56 bits per heavy atom. The van der Waals surface area contributed by atoms with Gasteiger partial charge in [0.05, 0.1) is 0 Å². The normalized spacial score (nSPS) is 25.6. The van der Waals surface area contributed by atoms with E-state index in [-0.39, 0.29) is 11.7 Å². The van der Waals surface area contributed by atoms with Gasteiger partial charge >= 0.3 is 0 Å². The molecule has 1 aromatic rings. The third-order valence-electron chi connectivity index (χ3n) is 3.64. The predicted octanol–water partition coefficient (Wildman–Crippen LogP) is 3.85. The molecule has 1 saturated carbocycles. The largest absolute Gasteiger partial charge is 0.458 e. The molecule has 0 radical (unpaired) electrons. The van der Waals surface area contributed by atoms with Crippen LogP contribution < -0.4 is 0 Å². The Hall–Kier alpha value is -1.05. The summed E-state index contributed by atoms with van der Waals surface area (Å²) < 4.78 is 5.53. The van der Waals surface area contributed by atoms with Gasteiger partial charge in [0.1, 0.15) is 5.76 Å². The Labute approximate surface area is 97.0 Å². The van der Waals surface area contributed by atoms with E-state index >= 15 is 0 Å². The summed E-state index contributed by atoms with van der Waals surface area (Å²) in [5.74, 6) is 2.68. The van der Waals surface area contributed by atoms with E-state index in [1.807, 2.05) is 19.1 Å².